The highest BCUT2D eigenvalue weighted by Gasteiger charge is 2.45. The van der Waals surface area contributed by atoms with Gasteiger partial charge in [-0.05, 0) is 32.1 Å². The summed E-state index contributed by atoms with van der Waals surface area (Å²) in [6, 6.07) is -0.501. The number of ether oxygens (including phenoxy) is 1. The number of nitrogens with zero attached hydrogens (tertiary/aromatic N) is 1. The Balaban J connectivity index is 1.99. The van der Waals surface area contributed by atoms with Gasteiger partial charge in [-0.15, -0.1) is 0 Å². The zero-order valence-electron chi connectivity index (χ0n) is 12.2. The van der Waals surface area contributed by atoms with Crippen molar-refractivity contribution >= 4 is 18.0 Å². The predicted molar refractivity (Wildman–Crippen MR) is 73.7 cm³/mol. The van der Waals surface area contributed by atoms with Gasteiger partial charge in [0, 0.05) is 6.04 Å². The van der Waals surface area contributed by atoms with E-state index in [9.17, 15) is 19.5 Å². The fraction of sp³-hybridized carbons (Fsp3) is 0.786. The summed E-state index contributed by atoms with van der Waals surface area (Å²) in [5, 5.41) is 11.5. The van der Waals surface area contributed by atoms with Crippen molar-refractivity contribution in [2.75, 3.05) is 13.2 Å². The number of hydrogen-bond donors (Lipinski definition) is 2. The number of likely N-dealkylation sites (tertiary alicyclic amines) is 1. The van der Waals surface area contributed by atoms with Gasteiger partial charge in [-0.2, -0.15) is 0 Å². The van der Waals surface area contributed by atoms with Crippen LogP contribution < -0.4 is 5.32 Å². The number of carboxylic acids is 1. The van der Waals surface area contributed by atoms with Gasteiger partial charge < -0.3 is 9.84 Å². The van der Waals surface area contributed by atoms with Gasteiger partial charge in [-0.3, -0.25) is 19.8 Å². The number of hydrogen-bond acceptors (Lipinski definition) is 5. The number of carbonyl (C=O) groups excluding carboxylic acids is 2. The molecule has 2 aliphatic rings. The maximum Gasteiger partial charge on any atom is 0.413 e. The highest BCUT2D eigenvalue weighted by Crippen LogP contribution is 2.39. The molecule has 0 aromatic carbocycles. The number of fused-ring (bicyclic) bond motifs is 1. The predicted octanol–water partition coefficient (Wildman–Crippen LogP) is 0.977. The van der Waals surface area contributed by atoms with Gasteiger partial charge in [0.2, 0.25) is 5.91 Å². The molecule has 2 fully saturated rings. The third kappa shape index (κ3) is 3.72. The molecule has 0 radical (unpaired) electrons. The van der Waals surface area contributed by atoms with Crippen molar-refractivity contribution in [2.24, 2.45) is 5.92 Å². The van der Waals surface area contributed by atoms with Crippen LogP contribution in [0, 0.1) is 5.92 Å². The van der Waals surface area contributed by atoms with Crippen LogP contribution in [0.4, 0.5) is 4.79 Å². The summed E-state index contributed by atoms with van der Waals surface area (Å²) in [7, 11) is 0. The van der Waals surface area contributed by atoms with Crippen LogP contribution in [0.25, 0.3) is 0 Å². The molecule has 3 unspecified atom stereocenters. The minimum absolute atomic E-state index is 0.0725. The van der Waals surface area contributed by atoms with Gasteiger partial charge in [0.1, 0.15) is 6.04 Å². The first-order valence-corrected chi connectivity index (χ1v) is 7.48. The molecule has 1 aliphatic carbocycles. The number of alkyl carbamates (subject to hydrolysis) is 1. The van der Waals surface area contributed by atoms with Crippen LogP contribution in [0.5, 0.6) is 0 Å². The number of rotatable bonds is 4. The number of carbonyl (C=O) groups is 3. The number of amides is 2. The Kier molecular flexibility index (Phi) is 5.17. The van der Waals surface area contributed by atoms with E-state index in [-0.39, 0.29) is 19.2 Å². The molecule has 118 valence electrons. The summed E-state index contributed by atoms with van der Waals surface area (Å²) in [6.07, 6.45) is 3.92. The Morgan fingerprint density at radius 2 is 2.00 bits per heavy atom. The Hall–Kier alpha value is -1.63. The molecule has 2 N–H and O–H groups in total. The van der Waals surface area contributed by atoms with Crippen LogP contribution in [0.15, 0.2) is 0 Å². The van der Waals surface area contributed by atoms with Crippen molar-refractivity contribution in [3.63, 3.8) is 0 Å². The molecule has 1 saturated carbocycles. The molecule has 21 heavy (non-hydrogen) atoms. The van der Waals surface area contributed by atoms with Gasteiger partial charge >= 0.3 is 12.1 Å². The van der Waals surface area contributed by atoms with Gasteiger partial charge in [0.15, 0.2) is 0 Å². The molecule has 1 aliphatic heterocycles. The molecule has 1 heterocycles. The first-order valence-electron chi connectivity index (χ1n) is 7.48. The molecule has 2 amide bonds. The molecule has 1 saturated heterocycles. The van der Waals surface area contributed by atoms with E-state index in [0.717, 1.165) is 25.7 Å². The largest absolute Gasteiger partial charge is 0.480 e. The SMILES string of the molecule is CCOC(=O)NC(=O)CN1C(C(=O)O)CC2CCCCC21. The molecule has 3 atom stereocenters. The van der Waals surface area contributed by atoms with Gasteiger partial charge in [-0.25, -0.2) is 4.79 Å². The summed E-state index contributed by atoms with van der Waals surface area (Å²) in [5.74, 6) is -1.06. The van der Waals surface area contributed by atoms with E-state index in [2.05, 4.69) is 10.1 Å². The highest BCUT2D eigenvalue weighted by molar-refractivity contribution is 5.93. The molecule has 0 spiro atoms. The van der Waals surface area contributed by atoms with E-state index in [4.69, 9.17) is 0 Å². The van der Waals surface area contributed by atoms with Crippen LogP contribution in [-0.4, -0.2) is 53.2 Å². The number of nitrogens with one attached hydrogen (secondary N) is 1. The Morgan fingerprint density at radius 1 is 1.29 bits per heavy atom. The van der Waals surface area contributed by atoms with Crippen LogP contribution in [-0.2, 0) is 14.3 Å². The van der Waals surface area contributed by atoms with Gasteiger partial charge in [0.05, 0.1) is 13.2 Å². The summed E-state index contributed by atoms with van der Waals surface area (Å²) >= 11 is 0. The minimum Gasteiger partial charge on any atom is -0.480 e. The monoisotopic (exact) mass is 298 g/mol. The first-order chi connectivity index (χ1) is 10.0. The molecule has 0 bridgehead atoms. The van der Waals surface area contributed by atoms with E-state index in [0.29, 0.717) is 12.3 Å². The maximum absolute atomic E-state index is 11.9. The van der Waals surface area contributed by atoms with Crippen LogP contribution in [0.2, 0.25) is 0 Å². The Bertz CT molecular complexity index is 426. The fourth-order valence-electron chi connectivity index (χ4n) is 3.51. The lowest BCUT2D eigenvalue weighted by Gasteiger charge is -2.32. The number of carboxylic acid groups (broad SMARTS) is 1. The molecule has 0 aromatic rings. The summed E-state index contributed by atoms with van der Waals surface area (Å²) in [6.45, 7) is 1.76. The lowest BCUT2D eigenvalue weighted by molar-refractivity contribution is -0.143. The van der Waals surface area contributed by atoms with E-state index in [1.54, 1.807) is 11.8 Å². The van der Waals surface area contributed by atoms with Crippen molar-refractivity contribution < 1.29 is 24.2 Å². The lowest BCUT2D eigenvalue weighted by Crippen LogP contribution is -2.48. The molecular weight excluding hydrogens is 276 g/mol. The van der Waals surface area contributed by atoms with Crippen molar-refractivity contribution in [1.29, 1.82) is 0 Å². The van der Waals surface area contributed by atoms with E-state index >= 15 is 0 Å². The molecular formula is C14H22N2O5. The molecule has 2 rings (SSSR count). The minimum atomic E-state index is -0.895. The number of aliphatic carboxylic acids is 1. The Morgan fingerprint density at radius 3 is 2.67 bits per heavy atom. The summed E-state index contributed by atoms with van der Waals surface area (Å²) in [5.41, 5.74) is 0. The van der Waals surface area contributed by atoms with Crippen molar-refractivity contribution in [2.45, 2.75) is 51.1 Å². The zero-order chi connectivity index (χ0) is 15.4. The summed E-state index contributed by atoms with van der Waals surface area (Å²) in [4.78, 5) is 36.3. The second kappa shape index (κ2) is 6.89. The first kappa shape index (κ1) is 15.8. The second-order valence-corrected chi connectivity index (χ2v) is 5.64. The normalized spacial score (nSPS) is 28.7. The average Bonchev–Trinajstić information content (AvgIpc) is 2.78. The smallest absolute Gasteiger partial charge is 0.413 e. The second-order valence-electron chi connectivity index (χ2n) is 5.64. The fourth-order valence-corrected chi connectivity index (χ4v) is 3.51. The van der Waals surface area contributed by atoms with Crippen LogP contribution in [0.3, 0.4) is 0 Å². The number of imide groups is 1. The van der Waals surface area contributed by atoms with Crippen molar-refractivity contribution in [3.8, 4) is 0 Å². The average molecular weight is 298 g/mol. The third-order valence-electron chi connectivity index (χ3n) is 4.35. The van der Waals surface area contributed by atoms with E-state index < -0.39 is 24.0 Å². The standard InChI is InChI=1S/C14H22N2O5/c1-2-21-14(20)15-12(17)8-16-10-6-4-3-5-9(10)7-11(16)13(18)19/h9-11H,2-8H2,1H3,(H,18,19)(H,15,17,20). The third-order valence-corrected chi connectivity index (χ3v) is 4.35. The van der Waals surface area contributed by atoms with Crippen LogP contribution >= 0.6 is 0 Å². The topological polar surface area (TPSA) is 95.9 Å². The molecule has 0 aromatic heterocycles. The van der Waals surface area contributed by atoms with Crippen LogP contribution in [0.1, 0.15) is 39.0 Å². The quantitative estimate of drug-likeness (QED) is 0.803. The van der Waals surface area contributed by atoms with Gasteiger partial charge in [0.25, 0.3) is 0 Å². The maximum atomic E-state index is 11.9. The molecule has 7 heteroatoms. The zero-order valence-corrected chi connectivity index (χ0v) is 12.2. The van der Waals surface area contributed by atoms with E-state index in [1.165, 1.54) is 0 Å². The van der Waals surface area contributed by atoms with Crippen molar-refractivity contribution in [3.05, 3.63) is 0 Å². The lowest BCUT2D eigenvalue weighted by atomic mass is 9.85. The Labute approximate surface area is 123 Å². The van der Waals surface area contributed by atoms with Crippen molar-refractivity contribution in [1.82, 2.24) is 10.2 Å². The molecule has 7 nitrogen and oxygen atoms in total. The van der Waals surface area contributed by atoms with E-state index in [1.807, 2.05) is 0 Å². The highest BCUT2D eigenvalue weighted by atomic mass is 16.5. The summed E-state index contributed by atoms with van der Waals surface area (Å²) < 4.78 is 4.65. The van der Waals surface area contributed by atoms with Gasteiger partial charge in [-0.1, -0.05) is 12.8 Å².